The molecule has 0 bridgehead atoms. The fourth-order valence-electron chi connectivity index (χ4n) is 3.08. The second-order valence-electron chi connectivity index (χ2n) is 6.64. The maximum absolute atomic E-state index is 12.5. The number of anilines is 2. The molecule has 0 spiro atoms. The Kier molecular flexibility index (Phi) is 5.42. The van der Waals surface area contributed by atoms with Gasteiger partial charge >= 0.3 is 0 Å². The number of para-hydroxylation sites is 2. The first kappa shape index (κ1) is 18.6. The first-order chi connectivity index (χ1) is 14.2. The van der Waals surface area contributed by atoms with E-state index in [1.165, 1.54) is 0 Å². The van der Waals surface area contributed by atoms with Gasteiger partial charge in [-0.1, -0.05) is 42.5 Å². The minimum Gasteiger partial charge on any atom is -0.484 e. The van der Waals surface area contributed by atoms with Crippen LogP contribution in [0, 0.1) is 0 Å². The molecule has 1 heterocycles. The van der Waals surface area contributed by atoms with E-state index in [1.54, 1.807) is 36.4 Å². The van der Waals surface area contributed by atoms with Crippen molar-refractivity contribution in [3.8, 4) is 11.5 Å². The molecule has 6 heteroatoms. The maximum Gasteiger partial charge on any atom is 0.265 e. The van der Waals surface area contributed by atoms with E-state index in [2.05, 4.69) is 10.6 Å². The van der Waals surface area contributed by atoms with Crippen molar-refractivity contribution in [2.24, 2.45) is 0 Å². The van der Waals surface area contributed by atoms with Crippen LogP contribution in [-0.4, -0.2) is 24.5 Å². The third kappa shape index (κ3) is 4.73. The van der Waals surface area contributed by atoms with Crippen LogP contribution in [0.4, 0.5) is 11.4 Å². The Morgan fingerprint density at radius 1 is 0.897 bits per heavy atom. The van der Waals surface area contributed by atoms with Gasteiger partial charge in [0.1, 0.15) is 11.5 Å². The normalized spacial score (nSPS) is 14.4. The molecular formula is C23H20N2O4. The number of benzene rings is 3. The van der Waals surface area contributed by atoms with Crippen molar-refractivity contribution < 1.29 is 19.1 Å². The van der Waals surface area contributed by atoms with Gasteiger partial charge in [-0.05, 0) is 35.9 Å². The summed E-state index contributed by atoms with van der Waals surface area (Å²) in [5.74, 6) is 0.749. The lowest BCUT2D eigenvalue weighted by Gasteiger charge is -2.13. The number of hydrogen-bond acceptors (Lipinski definition) is 4. The van der Waals surface area contributed by atoms with Crippen molar-refractivity contribution in [3.05, 3.63) is 84.4 Å². The number of fused-ring (bicyclic) bond motifs is 1. The van der Waals surface area contributed by atoms with Crippen LogP contribution in [0.1, 0.15) is 5.56 Å². The van der Waals surface area contributed by atoms with E-state index in [0.717, 1.165) is 11.3 Å². The quantitative estimate of drug-likeness (QED) is 0.676. The molecule has 1 atom stereocenters. The van der Waals surface area contributed by atoms with Crippen LogP contribution < -0.4 is 20.1 Å². The van der Waals surface area contributed by atoms with Gasteiger partial charge in [0.25, 0.3) is 11.8 Å². The largest absolute Gasteiger partial charge is 0.484 e. The summed E-state index contributed by atoms with van der Waals surface area (Å²) in [6.45, 7) is -0.132. The Morgan fingerprint density at radius 2 is 1.66 bits per heavy atom. The van der Waals surface area contributed by atoms with Crippen molar-refractivity contribution in [2.45, 2.75) is 12.5 Å². The molecule has 1 aliphatic rings. The van der Waals surface area contributed by atoms with E-state index in [0.29, 0.717) is 23.5 Å². The molecule has 0 aliphatic carbocycles. The second kappa shape index (κ2) is 8.48. The monoisotopic (exact) mass is 388 g/mol. The average molecular weight is 388 g/mol. The third-order valence-corrected chi connectivity index (χ3v) is 4.47. The summed E-state index contributed by atoms with van der Waals surface area (Å²) in [5.41, 5.74) is 2.31. The standard InChI is InChI=1S/C23H20N2O4/c26-22(24-17-8-2-1-3-9-17)15-28-19-11-6-10-18(14-19)25-23(27)21-13-16-7-4-5-12-20(16)29-21/h1-12,14,21H,13,15H2,(H,24,26)(H,25,27). The predicted octanol–water partition coefficient (Wildman–Crippen LogP) is 3.65. The minimum atomic E-state index is -0.561. The Bertz CT molecular complexity index is 995. The number of rotatable bonds is 6. The van der Waals surface area contributed by atoms with Crippen LogP contribution in [0.2, 0.25) is 0 Å². The molecule has 0 saturated heterocycles. The van der Waals surface area contributed by atoms with Crippen molar-refractivity contribution in [2.75, 3.05) is 17.2 Å². The molecule has 1 aliphatic heterocycles. The molecule has 146 valence electrons. The molecule has 2 amide bonds. The zero-order chi connectivity index (χ0) is 20.1. The lowest BCUT2D eigenvalue weighted by Crippen LogP contribution is -2.31. The summed E-state index contributed by atoms with van der Waals surface area (Å²) in [6, 6.07) is 23.7. The maximum atomic E-state index is 12.5. The molecule has 3 aromatic rings. The molecule has 0 radical (unpaired) electrons. The highest BCUT2D eigenvalue weighted by Crippen LogP contribution is 2.29. The number of nitrogens with one attached hydrogen (secondary N) is 2. The second-order valence-corrected chi connectivity index (χ2v) is 6.64. The molecule has 29 heavy (non-hydrogen) atoms. The molecule has 0 saturated carbocycles. The van der Waals surface area contributed by atoms with Gasteiger partial charge in [-0.2, -0.15) is 0 Å². The smallest absolute Gasteiger partial charge is 0.265 e. The number of amides is 2. The van der Waals surface area contributed by atoms with E-state index >= 15 is 0 Å². The third-order valence-electron chi connectivity index (χ3n) is 4.47. The van der Waals surface area contributed by atoms with E-state index in [9.17, 15) is 9.59 Å². The highest BCUT2D eigenvalue weighted by Gasteiger charge is 2.28. The average Bonchev–Trinajstić information content (AvgIpc) is 3.18. The fraction of sp³-hybridized carbons (Fsp3) is 0.130. The fourth-order valence-corrected chi connectivity index (χ4v) is 3.08. The first-order valence-electron chi connectivity index (χ1n) is 9.30. The molecular weight excluding hydrogens is 368 g/mol. The zero-order valence-electron chi connectivity index (χ0n) is 15.6. The molecule has 0 aromatic heterocycles. The Labute approximate surface area is 168 Å². The van der Waals surface area contributed by atoms with Gasteiger partial charge in [0.05, 0.1) is 0 Å². The summed E-state index contributed by atoms with van der Waals surface area (Å²) in [7, 11) is 0. The van der Waals surface area contributed by atoms with Crippen molar-refractivity contribution in [1.82, 2.24) is 0 Å². The Balaban J connectivity index is 1.31. The summed E-state index contributed by atoms with van der Waals surface area (Å²) < 4.78 is 11.3. The number of hydrogen-bond donors (Lipinski definition) is 2. The molecule has 3 aromatic carbocycles. The van der Waals surface area contributed by atoms with Gasteiger partial charge in [-0.3, -0.25) is 9.59 Å². The minimum absolute atomic E-state index is 0.132. The van der Waals surface area contributed by atoms with Gasteiger partial charge in [-0.15, -0.1) is 0 Å². The van der Waals surface area contributed by atoms with E-state index in [4.69, 9.17) is 9.47 Å². The Morgan fingerprint density at radius 3 is 2.48 bits per heavy atom. The number of ether oxygens (including phenoxy) is 2. The summed E-state index contributed by atoms with van der Waals surface area (Å²) >= 11 is 0. The van der Waals surface area contributed by atoms with Gasteiger partial charge < -0.3 is 20.1 Å². The summed E-state index contributed by atoms with van der Waals surface area (Å²) in [6.07, 6.45) is -0.0219. The lowest BCUT2D eigenvalue weighted by atomic mass is 10.1. The number of carbonyl (C=O) groups excluding carboxylic acids is 2. The molecule has 6 nitrogen and oxygen atoms in total. The van der Waals surface area contributed by atoms with Crippen molar-refractivity contribution in [3.63, 3.8) is 0 Å². The molecule has 0 fully saturated rings. The van der Waals surface area contributed by atoms with E-state index < -0.39 is 6.10 Å². The van der Waals surface area contributed by atoms with Crippen LogP contribution in [0.3, 0.4) is 0 Å². The van der Waals surface area contributed by atoms with E-state index in [1.807, 2.05) is 42.5 Å². The summed E-state index contributed by atoms with van der Waals surface area (Å²) in [5, 5.41) is 5.60. The number of carbonyl (C=O) groups is 2. The highest BCUT2D eigenvalue weighted by molar-refractivity contribution is 5.95. The van der Waals surface area contributed by atoms with Crippen LogP contribution in [-0.2, 0) is 16.0 Å². The summed E-state index contributed by atoms with van der Waals surface area (Å²) in [4.78, 5) is 24.5. The lowest BCUT2D eigenvalue weighted by molar-refractivity contribution is -0.122. The predicted molar refractivity (Wildman–Crippen MR) is 110 cm³/mol. The molecule has 4 rings (SSSR count). The van der Waals surface area contributed by atoms with Crippen LogP contribution in [0.15, 0.2) is 78.9 Å². The van der Waals surface area contributed by atoms with Gasteiger partial charge in [0, 0.05) is 23.9 Å². The van der Waals surface area contributed by atoms with Gasteiger partial charge in [-0.25, -0.2) is 0 Å². The first-order valence-corrected chi connectivity index (χ1v) is 9.30. The van der Waals surface area contributed by atoms with Crippen LogP contribution >= 0.6 is 0 Å². The Hall–Kier alpha value is -3.80. The van der Waals surface area contributed by atoms with Crippen LogP contribution in [0.25, 0.3) is 0 Å². The van der Waals surface area contributed by atoms with Gasteiger partial charge in [0.15, 0.2) is 12.7 Å². The molecule has 2 N–H and O–H groups in total. The highest BCUT2D eigenvalue weighted by atomic mass is 16.5. The zero-order valence-corrected chi connectivity index (χ0v) is 15.6. The van der Waals surface area contributed by atoms with E-state index in [-0.39, 0.29) is 18.4 Å². The SMILES string of the molecule is O=C(COc1cccc(NC(=O)C2Cc3ccccc3O2)c1)Nc1ccccc1. The van der Waals surface area contributed by atoms with Crippen molar-refractivity contribution in [1.29, 1.82) is 0 Å². The molecule has 1 unspecified atom stereocenters. The van der Waals surface area contributed by atoms with Gasteiger partial charge in [0.2, 0.25) is 0 Å². The van der Waals surface area contributed by atoms with Crippen molar-refractivity contribution >= 4 is 23.2 Å². The topological polar surface area (TPSA) is 76.7 Å². The van der Waals surface area contributed by atoms with Crippen LogP contribution in [0.5, 0.6) is 11.5 Å².